The van der Waals surface area contributed by atoms with E-state index in [1.165, 1.54) is 5.69 Å². The standard InChI is InChI=1S/C14H16ClN5/c15-11-1-3-12(4-2-11)19-5-7-20(8-6-19)14-10-17-13(16)9-18-14/h1-4,9-10H,5-8H2,(H2,16,17). The molecule has 0 radical (unpaired) electrons. The molecule has 0 unspecified atom stereocenters. The Bertz CT molecular complexity index is 508. The SMILES string of the molecule is Nc1cnc(N2CCN(c3ccc(Cl)cc3)CC2)cn1. The van der Waals surface area contributed by atoms with E-state index in [1.54, 1.807) is 12.4 Å². The molecule has 1 aromatic heterocycles. The number of anilines is 3. The molecule has 1 fully saturated rings. The number of aromatic nitrogens is 2. The second-order valence-corrected chi connectivity index (χ2v) is 5.19. The van der Waals surface area contributed by atoms with E-state index in [4.69, 9.17) is 17.3 Å². The minimum Gasteiger partial charge on any atom is -0.382 e. The van der Waals surface area contributed by atoms with Crippen LogP contribution in [-0.2, 0) is 0 Å². The van der Waals surface area contributed by atoms with Gasteiger partial charge in [0.25, 0.3) is 0 Å². The zero-order chi connectivity index (χ0) is 13.9. The monoisotopic (exact) mass is 289 g/mol. The molecule has 20 heavy (non-hydrogen) atoms. The number of rotatable bonds is 2. The molecule has 1 aromatic carbocycles. The maximum Gasteiger partial charge on any atom is 0.147 e. The van der Waals surface area contributed by atoms with Crippen LogP contribution in [0, 0.1) is 0 Å². The number of hydrogen-bond acceptors (Lipinski definition) is 5. The number of nitrogens with two attached hydrogens (primary N) is 1. The first-order valence-electron chi connectivity index (χ1n) is 6.55. The zero-order valence-electron chi connectivity index (χ0n) is 11.0. The summed E-state index contributed by atoms with van der Waals surface area (Å²) in [4.78, 5) is 13.0. The first-order chi connectivity index (χ1) is 9.72. The molecule has 0 bridgehead atoms. The largest absolute Gasteiger partial charge is 0.382 e. The van der Waals surface area contributed by atoms with Gasteiger partial charge in [-0.05, 0) is 24.3 Å². The summed E-state index contributed by atoms with van der Waals surface area (Å²) in [7, 11) is 0. The zero-order valence-corrected chi connectivity index (χ0v) is 11.8. The van der Waals surface area contributed by atoms with Crippen LogP contribution in [0.4, 0.5) is 17.3 Å². The van der Waals surface area contributed by atoms with Crippen molar-refractivity contribution in [1.29, 1.82) is 0 Å². The fourth-order valence-corrected chi connectivity index (χ4v) is 2.47. The maximum absolute atomic E-state index is 5.91. The molecule has 1 saturated heterocycles. The van der Waals surface area contributed by atoms with Gasteiger partial charge in [-0.15, -0.1) is 0 Å². The lowest BCUT2D eigenvalue weighted by atomic mass is 10.2. The Labute approximate surface area is 123 Å². The number of nitrogen functional groups attached to an aromatic ring is 1. The maximum atomic E-state index is 5.91. The summed E-state index contributed by atoms with van der Waals surface area (Å²) in [6, 6.07) is 7.96. The van der Waals surface area contributed by atoms with Crippen LogP contribution in [0.5, 0.6) is 0 Å². The van der Waals surface area contributed by atoms with Crippen LogP contribution in [0.1, 0.15) is 0 Å². The molecule has 5 nitrogen and oxygen atoms in total. The summed E-state index contributed by atoms with van der Waals surface area (Å²) in [6.45, 7) is 3.74. The Kier molecular flexibility index (Phi) is 3.60. The topological polar surface area (TPSA) is 58.3 Å². The van der Waals surface area contributed by atoms with Crippen LogP contribution < -0.4 is 15.5 Å². The predicted octanol–water partition coefficient (Wildman–Crippen LogP) is 2.04. The average Bonchev–Trinajstić information content (AvgIpc) is 2.49. The van der Waals surface area contributed by atoms with Crippen molar-refractivity contribution in [2.45, 2.75) is 0 Å². The molecule has 2 aromatic rings. The van der Waals surface area contributed by atoms with Gasteiger partial charge in [-0.25, -0.2) is 9.97 Å². The summed E-state index contributed by atoms with van der Waals surface area (Å²) >= 11 is 5.91. The third-order valence-corrected chi connectivity index (χ3v) is 3.71. The Balaban J connectivity index is 1.64. The quantitative estimate of drug-likeness (QED) is 0.917. The predicted molar refractivity (Wildman–Crippen MR) is 82.3 cm³/mol. The van der Waals surface area contributed by atoms with E-state index in [-0.39, 0.29) is 0 Å². The molecular formula is C14H16ClN5. The van der Waals surface area contributed by atoms with E-state index in [9.17, 15) is 0 Å². The summed E-state index contributed by atoms with van der Waals surface area (Å²) in [5.41, 5.74) is 6.76. The molecule has 3 rings (SSSR count). The molecular weight excluding hydrogens is 274 g/mol. The number of piperazine rings is 1. The Hall–Kier alpha value is -2.01. The first kappa shape index (κ1) is 13.0. The van der Waals surface area contributed by atoms with Crippen LogP contribution in [0.3, 0.4) is 0 Å². The lowest BCUT2D eigenvalue weighted by Gasteiger charge is -2.36. The second-order valence-electron chi connectivity index (χ2n) is 4.75. The molecule has 6 heteroatoms. The molecule has 0 spiro atoms. The van der Waals surface area contributed by atoms with E-state index in [0.29, 0.717) is 5.82 Å². The van der Waals surface area contributed by atoms with Gasteiger partial charge in [0.05, 0.1) is 12.4 Å². The number of hydrogen-bond donors (Lipinski definition) is 1. The van der Waals surface area contributed by atoms with Crippen molar-refractivity contribution < 1.29 is 0 Å². The highest BCUT2D eigenvalue weighted by molar-refractivity contribution is 6.30. The van der Waals surface area contributed by atoms with Crippen LogP contribution >= 0.6 is 11.6 Å². The Morgan fingerprint density at radius 3 is 2.15 bits per heavy atom. The van der Waals surface area contributed by atoms with E-state index < -0.39 is 0 Å². The third kappa shape index (κ3) is 2.77. The van der Waals surface area contributed by atoms with Crippen LogP contribution in [0.2, 0.25) is 5.02 Å². The number of nitrogens with zero attached hydrogens (tertiary/aromatic N) is 4. The molecule has 104 valence electrons. The van der Waals surface area contributed by atoms with Gasteiger partial charge in [0.15, 0.2) is 0 Å². The summed E-state index contributed by atoms with van der Waals surface area (Å²) in [5, 5.41) is 0.768. The van der Waals surface area contributed by atoms with Crippen molar-refractivity contribution in [3.05, 3.63) is 41.7 Å². The highest BCUT2D eigenvalue weighted by Crippen LogP contribution is 2.21. The smallest absolute Gasteiger partial charge is 0.147 e. The van der Waals surface area contributed by atoms with E-state index in [0.717, 1.165) is 37.0 Å². The van der Waals surface area contributed by atoms with Crippen LogP contribution in [0.15, 0.2) is 36.7 Å². The highest BCUT2D eigenvalue weighted by atomic mass is 35.5. The molecule has 0 amide bonds. The fraction of sp³-hybridized carbons (Fsp3) is 0.286. The first-order valence-corrected chi connectivity index (χ1v) is 6.93. The van der Waals surface area contributed by atoms with Gasteiger partial charge in [0.2, 0.25) is 0 Å². The van der Waals surface area contributed by atoms with Crippen molar-refractivity contribution in [3.8, 4) is 0 Å². The van der Waals surface area contributed by atoms with Gasteiger partial charge in [-0.2, -0.15) is 0 Å². The normalized spacial score (nSPS) is 15.4. The Morgan fingerprint density at radius 1 is 0.900 bits per heavy atom. The average molecular weight is 290 g/mol. The van der Waals surface area contributed by atoms with Gasteiger partial charge < -0.3 is 15.5 Å². The molecule has 2 N–H and O–H groups in total. The minimum atomic E-state index is 0.452. The van der Waals surface area contributed by atoms with Crippen LogP contribution in [0.25, 0.3) is 0 Å². The number of benzene rings is 1. The van der Waals surface area contributed by atoms with Crippen molar-refractivity contribution in [2.75, 3.05) is 41.7 Å². The van der Waals surface area contributed by atoms with Crippen molar-refractivity contribution >= 4 is 28.9 Å². The lowest BCUT2D eigenvalue weighted by molar-refractivity contribution is 0.646. The Morgan fingerprint density at radius 2 is 1.55 bits per heavy atom. The highest BCUT2D eigenvalue weighted by Gasteiger charge is 2.18. The van der Waals surface area contributed by atoms with Gasteiger partial charge in [-0.1, -0.05) is 11.6 Å². The number of halogens is 1. The third-order valence-electron chi connectivity index (χ3n) is 3.45. The molecule has 0 saturated carbocycles. The molecule has 0 atom stereocenters. The van der Waals surface area contributed by atoms with Crippen LogP contribution in [-0.4, -0.2) is 36.1 Å². The summed E-state index contributed by atoms with van der Waals surface area (Å²) in [6.07, 6.45) is 3.33. The van der Waals surface area contributed by atoms with E-state index in [1.807, 2.05) is 12.1 Å². The van der Waals surface area contributed by atoms with E-state index >= 15 is 0 Å². The molecule has 1 aliphatic heterocycles. The summed E-state index contributed by atoms with van der Waals surface area (Å²) < 4.78 is 0. The van der Waals surface area contributed by atoms with Crippen molar-refractivity contribution in [1.82, 2.24) is 9.97 Å². The van der Waals surface area contributed by atoms with Gasteiger partial charge in [0.1, 0.15) is 11.6 Å². The van der Waals surface area contributed by atoms with Gasteiger partial charge >= 0.3 is 0 Å². The van der Waals surface area contributed by atoms with Crippen molar-refractivity contribution in [2.24, 2.45) is 0 Å². The lowest BCUT2D eigenvalue weighted by Crippen LogP contribution is -2.46. The second kappa shape index (κ2) is 5.54. The van der Waals surface area contributed by atoms with Gasteiger partial charge in [0, 0.05) is 36.9 Å². The molecule has 0 aliphatic carbocycles. The summed E-state index contributed by atoms with van der Waals surface area (Å²) in [5.74, 6) is 1.34. The van der Waals surface area contributed by atoms with Crippen molar-refractivity contribution in [3.63, 3.8) is 0 Å². The minimum absolute atomic E-state index is 0.452. The van der Waals surface area contributed by atoms with E-state index in [2.05, 4.69) is 31.9 Å². The van der Waals surface area contributed by atoms with Gasteiger partial charge in [-0.3, -0.25) is 0 Å². The fourth-order valence-electron chi connectivity index (χ4n) is 2.34. The molecule has 2 heterocycles. The molecule has 1 aliphatic rings.